The minimum absolute atomic E-state index is 0.0371. The van der Waals surface area contributed by atoms with Crippen LogP contribution in [-0.2, 0) is 34.0 Å². The van der Waals surface area contributed by atoms with Gasteiger partial charge in [0.2, 0.25) is 0 Å². The first-order valence-corrected chi connectivity index (χ1v) is 12.4. The summed E-state index contributed by atoms with van der Waals surface area (Å²) < 4.78 is 20.0. The molecule has 3 aliphatic heterocycles. The number of halogens is 1. The highest BCUT2D eigenvalue weighted by Crippen LogP contribution is 2.41. The Balaban J connectivity index is 1.38. The Morgan fingerprint density at radius 1 is 1.05 bits per heavy atom. The summed E-state index contributed by atoms with van der Waals surface area (Å²) in [6.07, 6.45) is 0. The second-order valence-corrected chi connectivity index (χ2v) is 10.1. The second kappa shape index (κ2) is 9.66. The first-order chi connectivity index (χ1) is 18.4. The fourth-order valence-corrected chi connectivity index (χ4v) is 5.11. The standard InChI is InChI=1S/C25H28BFN4O8/c26-23(35)21(33)29-22(34)24(36,25(23,37)38)31-13-17-16(20(31)32)2-1-3-19(17)28-11-15-10-14(4-5-18(15)27)12-30-6-8-39-9-7-30/h1-5,10,28,35-38H,6-9,11-13,26H2,(H,29,33,34). The zero-order valence-electron chi connectivity index (χ0n) is 21.1. The summed E-state index contributed by atoms with van der Waals surface area (Å²) in [7, 11) is 0.697. The minimum Gasteiger partial charge on any atom is -0.384 e. The molecule has 0 aromatic heterocycles. The third-order valence-electron chi connectivity index (χ3n) is 7.60. The summed E-state index contributed by atoms with van der Waals surface area (Å²) >= 11 is 0. The predicted octanol–water partition coefficient (Wildman–Crippen LogP) is -2.43. The topological polar surface area (TPSA) is 172 Å². The molecule has 206 valence electrons. The summed E-state index contributed by atoms with van der Waals surface area (Å²) in [4.78, 5) is 40.6. The van der Waals surface area contributed by atoms with Crippen molar-refractivity contribution in [2.75, 3.05) is 31.6 Å². The molecule has 14 heteroatoms. The molecule has 0 aliphatic carbocycles. The number of aliphatic hydroxyl groups is 4. The van der Waals surface area contributed by atoms with Gasteiger partial charge in [-0.25, -0.2) is 4.39 Å². The van der Waals surface area contributed by atoms with Gasteiger partial charge in [-0.15, -0.1) is 0 Å². The van der Waals surface area contributed by atoms with Crippen molar-refractivity contribution in [2.24, 2.45) is 0 Å². The van der Waals surface area contributed by atoms with Gasteiger partial charge in [0.05, 0.1) is 19.8 Å². The first-order valence-electron chi connectivity index (χ1n) is 12.4. The third kappa shape index (κ3) is 4.29. The van der Waals surface area contributed by atoms with Crippen molar-refractivity contribution in [2.45, 2.75) is 36.6 Å². The van der Waals surface area contributed by atoms with E-state index in [9.17, 15) is 39.2 Å². The fraction of sp³-hybridized carbons (Fsp3) is 0.400. The molecule has 2 unspecified atom stereocenters. The predicted molar refractivity (Wildman–Crippen MR) is 135 cm³/mol. The number of nitrogens with one attached hydrogen (secondary N) is 2. The molecule has 0 bridgehead atoms. The van der Waals surface area contributed by atoms with Crippen molar-refractivity contribution >= 4 is 31.3 Å². The lowest BCUT2D eigenvalue weighted by Crippen LogP contribution is -2.85. The van der Waals surface area contributed by atoms with E-state index in [2.05, 4.69) is 10.2 Å². The molecule has 39 heavy (non-hydrogen) atoms. The van der Waals surface area contributed by atoms with Crippen molar-refractivity contribution in [3.8, 4) is 0 Å². The largest absolute Gasteiger partial charge is 0.384 e. The molecule has 3 amide bonds. The van der Waals surface area contributed by atoms with Gasteiger partial charge in [-0.2, -0.15) is 0 Å². The van der Waals surface area contributed by atoms with E-state index in [1.165, 1.54) is 18.2 Å². The molecule has 2 aromatic carbocycles. The first kappa shape index (κ1) is 27.2. The van der Waals surface area contributed by atoms with E-state index >= 15 is 0 Å². The molecular formula is C25H28BFN4O8. The lowest BCUT2D eigenvalue weighted by atomic mass is 9.66. The third-order valence-corrected chi connectivity index (χ3v) is 7.60. The van der Waals surface area contributed by atoms with Gasteiger partial charge in [0.1, 0.15) is 5.82 Å². The molecule has 6 N–H and O–H groups in total. The zero-order valence-corrected chi connectivity index (χ0v) is 21.1. The Morgan fingerprint density at radius 3 is 2.49 bits per heavy atom. The zero-order chi connectivity index (χ0) is 28.2. The Kier molecular flexibility index (Phi) is 6.73. The van der Waals surface area contributed by atoms with Gasteiger partial charge in [0.15, 0.2) is 13.3 Å². The maximum atomic E-state index is 14.7. The summed E-state index contributed by atoms with van der Waals surface area (Å²) in [6, 6.07) is 9.41. The van der Waals surface area contributed by atoms with Crippen molar-refractivity contribution in [3.05, 3.63) is 64.5 Å². The van der Waals surface area contributed by atoms with Gasteiger partial charge in [-0.1, -0.05) is 12.1 Å². The van der Waals surface area contributed by atoms with Crippen molar-refractivity contribution < 1.29 is 43.9 Å². The van der Waals surface area contributed by atoms with E-state index < -0.39 is 47.1 Å². The molecule has 3 heterocycles. The van der Waals surface area contributed by atoms with Crippen molar-refractivity contribution in [1.82, 2.24) is 15.1 Å². The fourth-order valence-electron chi connectivity index (χ4n) is 5.11. The molecule has 2 saturated heterocycles. The molecule has 12 nitrogen and oxygen atoms in total. The minimum atomic E-state index is -3.74. The monoisotopic (exact) mass is 542 g/mol. The second-order valence-electron chi connectivity index (χ2n) is 10.1. The number of carbonyl (C=O) groups is 3. The number of morpholine rings is 1. The molecule has 0 saturated carbocycles. The molecule has 3 aliphatic rings. The number of fused-ring (bicyclic) bond motifs is 1. The number of benzene rings is 2. The summed E-state index contributed by atoms with van der Waals surface area (Å²) in [6.45, 7) is 3.05. The van der Waals surface area contributed by atoms with Crippen LogP contribution in [-0.4, -0.2) is 99.1 Å². The number of piperidine rings is 1. The number of carbonyl (C=O) groups excluding carboxylic acids is 3. The van der Waals surface area contributed by atoms with Crippen LogP contribution in [0.4, 0.5) is 10.1 Å². The molecule has 0 radical (unpaired) electrons. The smallest absolute Gasteiger partial charge is 0.286 e. The number of anilines is 1. The number of rotatable bonds is 6. The average molecular weight is 542 g/mol. The molecular weight excluding hydrogens is 514 g/mol. The normalized spacial score (nSPS) is 26.9. The van der Waals surface area contributed by atoms with Gasteiger partial charge >= 0.3 is 0 Å². The Labute approximate surface area is 223 Å². The average Bonchev–Trinajstić information content (AvgIpc) is 3.25. The number of hydrogen-bond acceptors (Lipinski definition) is 10. The van der Waals surface area contributed by atoms with Gasteiger partial charge in [0, 0.05) is 48.6 Å². The number of nitrogens with zero attached hydrogens (tertiary/aromatic N) is 2. The van der Waals surface area contributed by atoms with Crippen LogP contribution < -0.4 is 10.6 Å². The highest BCUT2D eigenvalue weighted by atomic mass is 19.1. The van der Waals surface area contributed by atoms with Crippen LogP contribution in [0.5, 0.6) is 0 Å². The van der Waals surface area contributed by atoms with Gasteiger partial charge in [0.25, 0.3) is 29.2 Å². The molecule has 2 atom stereocenters. The molecule has 0 spiro atoms. The number of hydrogen-bond donors (Lipinski definition) is 6. The highest BCUT2D eigenvalue weighted by Gasteiger charge is 2.74. The van der Waals surface area contributed by atoms with Gasteiger partial charge in [-0.3, -0.25) is 29.5 Å². The summed E-state index contributed by atoms with van der Waals surface area (Å²) in [5.41, 5.74) is -4.43. The van der Waals surface area contributed by atoms with Crippen LogP contribution in [0.1, 0.15) is 27.0 Å². The maximum absolute atomic E-state index is 14.7. The number of ether oxygens (including phenoxy) is 1. The lowest BCUT2D eigenvalue weighted by Gasteiger charge is -2.51. The Hall–Kier alpha value is -3.40. The number of imide groups is 1. The van der Waals surface area contributed by atoms with Gasteiger partial charge in [-0.05, 0) is 29.8 Å². The molecule has 2 aromatic rings. The molecule has 5 rings (SSSR count). The van der Waals surface area contributed by atoms with Crippen LogP contribution in [0.2, 0.25) is 0 Å². The Bertz CT molecular complexity index is 1350. The van der Waals surface area contributed by atoms with E-state index in [1.807, 2.05) is 0 Å². The van der Waals surface area contributed by atoms with Crippen LogP contribution in [0, 0.1) is 5.82 Å². The molecule has 2 fully saturated rings. The Morgan fingerprint density at radius 2 is 1.77 bits per heavy atom. The van der Waals surface area contributed by atoms with Crippen LogP contribution in [0.15, 0.2) is 36.4 Å². The maximum Gasteiger partial charge on any atom is 0.286 e. The highest BCUT2D eigenvalue weighted by molar-refractivity contribution is 6.32. The SMILES string of the molecule is BC1(O)C(=O)NC(=O)C(O)(N2Cc3c(NCc4cc(CN5CCOCC5)ccc4F)cccc3C2=O)C1(O)O. The van der Waals surface area contributed by atoms with Gasteiger partial charge < -0.3 is 30.5 Å². The van der Waals surface area contributed by atoms with E-state index in [4.69, 9.17) is 4.74 Å². The van der Waals surface area contributed by atoms with Crippen molar-refractivity contribution in [3.63, 3.8) is 0 Å². The number of amides is 3. The summed E-state index contributed by atoms with van der Waals surface area (Å²) in [5.74, 6) is -8.15. The van der Waals surface area contributed by atoms with E-state index in [1.54, 1.807) is 23.5 Å². The van der Waals surface area contributed by atoms with Crippen LogP contribution in [0.3, 0.4) is 0 Å². The lowest BCUT2D eigenvalue weighted by molar-refractivity contribution is -0.345. The summed E-state index contributed by atoms with van der Waals surface area (Å²) in [5, 5.41) is 47.6. The van der Waals surface area contributed by atoms with E-state index in [0.29, 0.717) is 49.3 Å². The van der Waals surface area contributed by atoms with Crippen molar-refractivity contribution in [1.29, 1.82) is 0 Å². The van der Waals surface area contributed by atoms with Crippen LogP contribution >= 0.6 is 0 Å². The van der Waals surface area contributed by atoms with E-state index in [-0.39, 0.29) is 12.1 Å². The quantitative estimate of drug-likeness (QED) is 0.131. The van der Waals surface area contributed by atoms with E-state index in [0.717, 1.165) is 18.7 Å². The van der Waals surface area contributed by atoms with Crippen LogP contribution in [0.25, 0.3) is 0 Å².